The second kappa shape index (κ2) is 5.70. The summed E-state index contributed by atoms with van der Waals surface area (Å²) in [6.45, 7) is 0. The summed E-state index contributed by atoms with van der Waals surface area (Å²) in [5, 5.41) is 13.4. The second-order valence-electron chi connectivity index (χ2n) is 3.96. The van der Waals surface area contributed by atoms with Gasteiger partial charge < -0.3 is 11.1 Å². The molecule has 6 nitrogen and oxygen atoms in total. The molecule has 0 spiro atoms. The molecule has 0 bridgehead atoms. The highest BCUT2D eigenvalue weighted by Crippen LogP contribution is 2.25. The molecule has 0 unspecified atom stereocenters. The molecule has 2 aromatic rings. The van der Waals surface area contributed by atoms with E-state index in [-0.39, 0.29) is 11.4 Å². The van der Waals surface area contributed by atoms with Crippen molar-refractivity contribution in [3.63, 3.8) is 0 Å². The maximum absolute atomic E-state index is 12.1. The van der Waals surface area contributed by atoms with Crippen molar-refractivity contribution < 1.29 is 9.72 Å². The van der Waals surface area contributed by atoms with Crippen LogP contribution in [-0.2, 0) is 0 Å². The van der Waals surface area contributed by atoms with Crippen molar-refractivity contribution in [2.24, 2.45) is 0 Å². The minimum atomic E-state index is -0.547. The number of nitro benzene ring substituents is 1. The zero-order valence-corrected chi connectivity index (χ0v) is 11.8. The zero-order chi connectivity index (χ0) is 14.7. The topological polar surface area (TPSA) is 98.3 Å². The number of anilines is 2. The molecule has 0 aliphatic carbocycles. The number of halogens is 1. The summed E-state index contributed by atoms with van der Waals surface area (Å²) in [4.78, 5) is 22.4. The normalized spacial score (nSPS) is 10.1. The first-order valence-electron chi connectivity index (χ1n) is 5.59. The quantitative estimate of drug-likeness (QED) is 0.511. The van der Waals surface area contributed by atoms with E-state index in [2.05, 4.69) is 21.2 Å². The number of amides is 1. The van der Waals surface area contributed by atoms with Crippen LogP contribution in [0.5, 0.6) is 0 Å². The zero-order valence-electron chi connectivity index (χ0n) is 10.2. The number of rotatable bonds is 3. The molecule has 2 aromatic carbocycles. The molecule has 0 fully saturated rings. The van der Waals surface area contributed by atoms with E-state index in [1.165, 1.54) is 18.2 Å². The Bertz CT molecular complexity index is 688. The predicted molar refractivity (Wildman–Crippen MR) is 79.6 cm³/mol. The van der Waals surface area contributed by atoms with Crippen LogP contribution in [0, 0.1) is 10.1 Å². The first-order chi connectivity index (χ1) is 9.49. The number of carbonyl (C=O) groups is 1. The Kier molecular flexibility index (Phi) is 3.99. The van der Waals surface area contributed by atoms with Crippen LogP contribution in [0.15, 0.2) is 46.9 Å². The van der Waals surface area contributed by atoms with Crippen LogP contribution in [0.4, 0.5) is 17.1 Å². The van der Waals surface area contributed by atoms with E-state index in [1.54, 1.807) is 24.3 Å². The fourth-order valence-corrected chi connectivity index (χ4v) is 1.98. The molecular weight excluding hydrogens is 326 g/mol. The largest absolute Gasteiger partial charge is 0.398 e. The van der Waals surface area contributed by atoms with Crippen LogP contribution in [0.1, 0.15) is 10.4 Å². The first-order valence-corrected chi connectivity index (χ1v) is 6.38. The molecule has 0 aliphatic rings. The summed E-state index contributed by atoms with van der Waals surface area (Å²) in [5.74, 6) is -0.444. The highest BCUT2D eigenvalue weighted by molar-refractivity contribution is 9.10. The van der Waals surface area contributed by atoms with Crippen molar-refractivity contribution in [2.75, 3.05) is 11.1 Å². The van der Waals surface area contributed by atoms with Gasteiger partial charge in [0.25, 0.3) is 11.6 Å². The maximum atomic E-state index is 12.1. The molecule has 0 radical (unpaired) electrons. The van der Waals surface area contributed by atoms with E-state index in [1.807, 2.05) is 0 Å². The molecule has 0 heterocycles. The number of hydrogen-bond donors (Lipinski definition) is 2. The monoisotopic (exact) mass is 335 g/mol. The van der Waals surface area contributed by atoms with Gasteiger partial charge in [-0.3, -0.25) is 14.9 Å². The van der Waals surface area contributed by atoms with Crippen LogP contribution in [-0.4, -0.2) is 10.8 Å². The van der Waals surface area contributed by atoms with Gasteiger partial charge in [0.15, 0.2) is 0 Å². The van der Waals surface area contributed by atoms with Crippen LogP contribution >= 0.6 is 15.9 Å². The van der Waals surface area contributed by atoms with Crippen LogP contribution in [0.25, 0.3) is 0 Å². The van der Waals surface area contributed by atoms with E-state index in [9.17, 15) is 14.9 Å². The molecule has 102 valence electrons. The minimum absolute atomic E-state index is 0.149. The van der Waals surface area contributed by atoms with E-state index in [0.29, 0.717) is 15.7 Å². The maximum Gasteiger partial charge on any atom is 0.292 e. The molecule has 3 N–H and O–H groups in total. The Hall–Kier alpha value is -2.41. The summed E-state index contributed by atoms with van der Waals surface area (Å²) in [7, 11) is 0. The lowest BCUT2D eigenvalue weighted by Crippen LogP contribution is -2.13. The number of nitrogen functional groups attached to an aromatic ring is 1. The Morgan fingerprint density at radius 2 is 1.95 bits per heavy atom. The fraction of sp³-hybridized carbons (Fsp3) is 0. The smallest absolute Gasteiger partial charge is 0.292 e. The standard InChI is InChI=1S/C13H10BrN3O3/c14-9-7-8(5-6-10(9)15)13(18)16-11-3-1-2-4-12(11)17(19)20/h1-7H,15H2,(H,16,18). The molecule has 1 amide bonds. The average molecular weight is 336 g/mol. The molecule has 20 heavy (non-hydrogen) atoms. The number of hydrogen-bond acceptors (Lipinski definition) is 4. The van der Waals surface area contributed by atoms with Crippen molar-refractivity contribution in [3.8, 4) is 0 Å². The minimum Gasteiger partial charge on any atom is -0.398 e. The molecule has 7 heteroatoms. The molecule has 0 saturated carbocycles. The highest BCUT2D eigenvalue weighted by Gasteiger charge is 2.16. The van der Waals surface area contributed by atoms with Crippen molar-refractivity contribution in [1.82, 2.24) is 0 Å². The van der Waals surface area contributed by atoms with E-state index in [0.717, 1.165) is 0 Å². The average Bonchev–Trinajstić information content (AvgIpc) is 2.42. The van der Waals surface area contributed by atoms with Crippen molar-refractivity contribution in [3.05, 3.63) is 62.6 Å². The molecule has 2 rings (SSSR count). The number of nitrogens with two attached hydrogens (primary N) is 1. The Morgan fingerprint density at radius 3 is 2.60 bits per heavy atom. The summed E-state index contributed by atoms with van der Waals surface area (Å²) in [6, 6.07) is 10.6. The number of nitrogens with zero attached hydrogens (tertiary/aromatic N) is 1. The third-order valence-corrected chi connectivity index (χ3v) is 3.30. The number of benzene rings is 2. The lowest BCUT2D eigenvalue weighted by molar-refractivity contribution is -0.383. The van der Waals surface area contributed by atoms with E-state index in [4.69, 9.17) is 5.73 Å². The Labute approximate surface area is 122 Å². The summed E-state index contributed by atoms with van der Waals surface area (Å²) in [6.07, 6.45) is 0. The summed E-state index contributed by atoms with van der Waals surface area (Å²) >= 11 is 3.22. The van der Waals surface area contributed by atoms with Gasteiger partial charge in [-0.05, 0) is 40.2 Å². The second-order valence-corrected chi connectivity index (χ2v) is 4.82. The van der Waals surface area contributed by atoms with Gasteiger partial charge in [-0.2, -0.15) is 0 Å². The summed E-state index contributed by atoms with van der Waals surface area (Å²) < 4.78 is 0.590. The highest BCUT2D eigenvalue weighted by atomic mass is 79.9. The van der Waals surface area contributed by atoms with E-state index >= 15 is 0 Å². The number of nitro groups is 1. The lowest BCUT2D eigenvalue weighted by Gasteiger charge is -2.07. The molecule has 0 saturated heterocycles. The van der Waals surface area contributed by atoms with Gasteiger partial charge >= 0.3 is 0 Å². The third-order valence-electron chi connectivity index (χ3n) is 2.61. The Balaban J connectivity index is 2.28. The molecule has 0 aromatic heterocycles. The molecule has 0 atom stereocenters. The van der Waals surface area contributed by atoms with Gasteiger partial charge in [-0.1, -0.05) is 12.1 Å². The molecule has 0 aliphatic heterocycles. The first kappa shape index (κ1) is 14.0. The van der Waals surface area contributed by atoms with Crippen LogP contribution in [0.3, 0.4) is 0 Å². The van der Waals surface area contributed by atoms with Crippen molar-refractivity contribution >= 4 is 38.9 Å². The Morgan fingerprint density at radius 1 is 1.25 bits per heavy atom. The predicted octanol–water partition coefficient (Wildman–Crippen LogP) is 3.19. The molecular formula is C13H10BrN3O3. The summed E-state index contributed by atoms with van der Waals surface area (Å²) in [5.41, 5.74) is 6.49. The fourth-order valence-electron chi connectivity index (χ4n) is 1.60. The lowest BCUT2D eigenvalue weighted by atomic mass is 10.2. The number of nitrogens with one attached hydrogen (secondary N) is 1. The van der Waals surface area contributed by atoms with Gasteiger partial charge in [0.05, 0.1) is 4.92 Å². The third kappa shape index (κ3) is 2.94. The number of para-hydroxylation sites is 2. The SMILES string of the molecule is Nc1ccc(C(=O)Nc2ccccc2[N+](=O)[O-])cc1Br. The van der Waals surface area contributed by atoms with Crippen molar-refractivity contribution in [2.45, 2.75) is 0 Å². The van der Waals surface area contributed by atoms with Crippen LogP contribution in [0.2, 0.25) is 0 Å². The van der Waals surface area contributed by atoms with E-state index < -0.39 is 10.8 Å². The van der Waals surface area contributed by atoms with Crippen molar-refractivity contribution in [1.29, 1.82) is 0 Å². The van der Waals surface area contributed by atoms with Gasteiger partial charge in [0.1, 0.15) is 5.69 Å². The van der Waals surface area contributed by atoms with Crippen LogP contribution < -0.4 is 11.1 Å². The van der Waals surface area contributed by atoms with Gasteiger partial charge in [-0.25, -0.2) is 0 Å². The van der Waals surface area contributed by atoms with Gasteiger partial charge in [0, 0.05) is 21.8 Å². The van der Waals surface area contributed by atoms with Gasteiger partial charge in [-0.15, -0.1) is 0 Å². The number of carbonyl (C=O) groups excluding carboxylic acids is 1. The van der Waals surface area contributed by atoms with Gasteiger partial charge in [0.2, 0.25) is 0 Å².